The maximum atomic E-state index is 13.9. The molecular weight excluding hydrogens is 544 g/mol. The molecule has 43 heavy (non-hydrogen) atoms. The quantitative estimate of drug-likeness (QED) is 0.436. The van der Waals surface area contributed by atoms with E-state index in [4.69, 9.17) is 0 Å². The Balaban J connectivity index is 1.06. The maximum Gasteiger partial charge on any atom is 0.322 e. The average Bonchev–Trinajstić information content (AvgIpc) is 3.60. The number of carbonyl (C=O) groups excluding carboxylic acids is 3. The van der Waals surface area contributed by atoms with E-state index in [1.54, 1.807) is 12.3 Å². The Hall–Kier alpha value is -3.86. The minimum Gasteiger partial charge on any atom is -0.372 e. The zero-order valence-corrected chi connectivity index (χ0v) is 25.0. The highest BCUT2D eigenvalue weighted by Gasteiger charge is 2.36. The second kappa shape index (κ2) is 13.2. The number of amides is 4. The van der Waals surface area contributed by atoms with Gasteiger partial charge in [-0.15, -0.1) is 0 Å². The van der Waals surface area contributed by atoms with Crippen molar-refractivity contribution < 1.29 is 14.4 Å². The van der Waals surface area contributed by atoms with Crippen LogP contribution in [0.4, 0.5) is 10.5 Å². The molecule has 6 rings (SSSR count). The summed E-state index contributed by atoms with van der Waals surface area (Å²) in [5.74, 6) is -0.108. The van der Waals surface area contributed by atoms with Crippen LogP contribution in [0.1, 0.15) is 62.6 Å². The number of H-pyrrole nitrogens is 1. The number of hydrogen-bond acceptors (Lipinski definition) is 6. The van der Waals surface area contributed by atoms with Crippen LogP contribution in [0, 0.1) is 0 Å². The van der Waals surface area contributed by atoms with Gasteiger partial charge >= 0.3 is 6.03 Å². The average molecular weight is 589 g/mol. The molecule has 11 nitrogen and oxygen atoms in total. The fraction of sp³-hybridized carbons (Fsp3) is 0.562. The van der Waals surface area contributed by atoms with Crippen molar-refractivity contribution in [3.63, 3.8) is 0 Å². The van der Waals surface area contributed by atoms with Gasteiger partial charge in [-0.1, -0.05) is 31.2 Å². The van der Waals surface area contributed by atoms with Gasteiger partial charge in [-0.2, -0.15) is 5.10 Å². The van der Waals surface area contributed by atoms with Crippen molar-refractivity contribution in [1.29, 1.82) is 0 Å². The molecule has 1 atom stereocenters. The van der Waals surface area contributed by atoms with Gasteiger partial charge in [0.15, 0.2) is 0 Å². The summed E-state index contributed by atoms with van der Waals surface area (Å²) >= 11 is 0. The SMILES string of the molecule is C=C(N[C@@H](CC(=O)N1CCC(N2Cc3ccccc3NC2=O)CC1)C(=O)N1CCC(N2CCCCC2)CC1)c1ccn[nH]1. The smallest absolute Gasteiger partial charge is 0.322 e. The van der Waals surface area contributed by atoms with Crippen LogP contribution in [0.5, 0.6) is 0 Å². The van der Waals surface area contributed by atoms with Gasteiger partial charge in [0.25, 0.3) is 0 Å². The van der Waals surface area contributed by atoms with E-state index in [0.29, 0.717) is 63.0 Å². The van der Waals surface area contributed by atoms with Crippen LogP contribution in [0.25, 0.3) is 5.70 Å². The van der Waals surface area contributed by atoms with Crippen molar-refractivity contribution >= 4 is 29.2 Å². The van der Waals surface area contributed by atoms with E-state index in [-0.39, 0.29) is 30.3 Å². The summed E-state index contributed by atoms with van der Waals surface area (Å²) in [6.07, 6.45) is 8.89. The third kappa shape index (κ3) is 6.71. The van der Waals surface area contributed by atoms with Crippen molar-refractivity contribution in [3.05, 3.63) is 54.4 Å². The minimum absolute atomic E-state index is 0.0513. The van der Waals surface area contributed by atoms with Crippen LogP contribution in [0.15, 0.2) is 43.1 Å². The molecule has 0 radical (unpaired) electrons. The van der Waals surface area contributed by atoms with Gasteiger partial charge in [-0.25, -0.2) is 4.79 Å². The standard InChI is InChI=1S/C32H44N8O3/c1-23(27-9-14-33-36-27)34-29(31(42)39-19-10-25(11-20-39)37-15-5-2-6-16-37)21-30(41)38-17-12-26(13-18-38)40-22-24-7-3-4-8-28(24)35-32(40)43/h3-4,7-9,14,25-26,29,34H,1-2,5-6,10-13,15-22H2,(H,33,36)(H,35,43)/t29-/m0/s1. The number of carbonyl (C=O) groups is 3. The predicted molar refractivity (Wildman–Crippen MR) is 165 cm³/mol. The third-order valence-corrected chi connectivity index (χ3v) is 9.65. The van der Waals surface area contributed by atoms with E-state index in [1.807, 2.05) is 39.0 Å². The lowest BCUT2D eigenvalue weighted by molar-refractivity contribution is -0.140. The van der Waals surface area contributed by atoms with Gasteiger partial charge in [0.05, 0.1) is 17.8 Å². The van der Waals surface area contributed by atoms with E-state index < -0.39 is 6.04 Å². The molecular formula is C32H44N8O3. The predicted octanol–water partition coefficient (Wildman–Crippen LogP) is 3.24. The Kier molecular flexibility index (Phi) is 8.97. The molecule has 2 aromatic rings. The molecule has 11 heteroatoms. The maximum absolute atomic E-state index is 13.9. The Labute approximate surface area is 253 Å². The summed E-state index contributed by atoms with van der Waals surface area (Å²) < 4.78 is 0. The Bertz CT molecular complexity index is 1290. The number of nitrogens with zero attached hydrogens (tertiary/aromatic N) is 5. The van der Waals surface area contributed by atoms with Gasteiger partial charge in [0, 0.05) is 56.7 Å². The molecule has 0 bridgehead atoms. The van der Waals surface area contributed by atoms with E-state index in [1.165, 1.54) is 19.3 Å². The molecule has 4 aliphatic rings. The molecule has 3 N–H and O–H groups in total. The van der Waals surface area contributed by atoms with Gasteiger partial charge in [0.1, 0.15) is 6.04 Å². The van der Waals surface area contributed by atoms with Crippen LogP contribution in [-0.2, 0) is 16.1 Å². The topological polar surface area (TPSA) is 117 Å². The number of aromatic nitrogens is 2. The number of urea groups is 1. The number of nitrogens with one attached hydrogen (secondary N) is 3. The lowest BCUT2D eigenvalue weighted by Gasteiger charge is -2.42. The number of likely N-dealkylation sites (tertiary alicyclic amines) is 3. The Morgan fingerprint density at radius 1 is 0.930 bits per heavy atom. The fourth-order valence-electron chi connectivity index (χ4n) is 7.12. The zero-order chi connectivity index (χ0) is 29.8. The molecule has 4 aliphatic heterocycles. The van der Waals surface area contributed by atoms with E-state index in [0.717, 1.165) is 37.2 Å². The number of para-hydroxylation sites is 1. The first-order valence-electron chi connectivity index (χ1n) is 15.9. The van der Waals surface area contributed by atoms with E-state index in [2.05, 4.69) is 32.3 Å². The highest BCUT2D eigenvalue weighted by Crippen LogP contribution is 2.28. The van der Waals surface area contributed by atoms with Crippen molar-refractivity contribution in [1.82, 2.24) is 35.1 Å². The first-order chi connectivity index (χ1) is 21.0. The summed E-state index contributed by atoms with van der Waals surface area (Å²) in [4.78, 5) is 48.5. The normalized spacial score (nSPS) is 21.2. The first kappa shape index (κ1) is 29.2. The molecule has 0 spiro atoms. The summed E-state index contributed by atoms with van der Waals surface area (Å²) in [5.41, 5.74) is 3.20. The molecule has 4 amide bonds. The van der Waals surface area contributed by atoms with Gasteiger partial charge in [-0.3, -0.25) is 14.7 Å². The molecule has 3 fully saturated rings. The number of anilines is 1. The van der Waals surface area contributed by atoms with Crippen LogP contribution in [0.2, 0.25) is 0 Å². The number of aromatic amines is 1. The number of piperidine rings is 3. The van der Waals surface area contributed by atoms with E-state index in [9.17, 15) is 14.4 Å². The van der Waals surface area contributed by atoms with Crippen LogP contribution in [0.3, 0.4) is 0 Å². The van der Waals surface area contributed by atoms with Gasteiger partial charge in [0.2, 0.25) is 11.8 Å². The van der Waals surface area contributed by atoms with Gasteiger partial charge < -0.3 is 30.2 Å². The molecule has 5 heterocycles. The minimum atomic E-state index is -0.711. The summed E-state index contributed by atoms with van der Waals surface area (Å²) in [6, 6.07) is 9.48. The second-order valence-electron chi connectivity index (χ2n) is 12.3. The number of hydrogen-bond donors (Lipinski definition) is 3. The third-order valence-electron chi connectivity index (χ3n) is 9.65. The van der Waals surface area contributed by atoms with Crippen molar-refractivity contribution in [2.75, 3.05) is 44.6 Å². The molecule has 0 saturated carbocycles. The van der Waals surface area contributed by atoms with Crippen LogP contribution in [-0.4, -0.2) is 105 Å². The van der Waals surface area contributed by atoms with Crippen molar-refractivity contribution in [2.24, 2.45) is 0 Å². The van der Waals surface area contributed by atoms with Crippen LogP contribution < -0.4 is 10.6 Å². The number of fused-ring (bicyclic) bond motifs is 1. The molecule has 0 aliphatic carbocycles. The number of benzene rings is 1. The zero-order valence-electron chi connectivity index (χ0n) is 25.0. The molecule has 1 aromatic carbocycles. The first-order valence-corrected chi connectivity index (χ1v) is 15.9. The monoisotopic (exact) mass is 588 g/mol. The summed E-state index contributed by atoms with van der Waals surface area (Å²) in [6.45, 7) is 9.53. The summed E-state index contributed by atoms with van der Waals surface area (Å²) in [5, 5.41) is 13.2. The Morgan fingerprint density at radius 2 is 1.63 bits per heavy atom. The van der Waals surface area contributed by atoms with Crippen LogP contribution >= 0.6 is 0 Å². The highest BCUT2D eigenvalue weighted by atomic mass is 16.2. The number of rotatable bonds is 8. The second-order valence-corrected chi connectivity index (χ2v) is 12.3. The largest absolute Gasteiger partial charge is 0.372 e. The van der Waals surface area contributed by atoms with Crippen molar-refractivity contribution in [2.45, 2.75) is 76.0 Å². The molecule has 0 unspecified atom stereocenters. The molecule has 1 aromatic heterocycles. The lowest BCUT2D eigenvalue weighted by atomic mass is 9.98. The molecule has 230 valence electrons. The van der Waals surface area contributed by atoms with Crippen molar-refractivity contribution in [3.8, 4) is 0 Å². The lowest BCUT2D eigenvalue weighted by Crippen LogP contribution is -2.54. The molecule has 3 saturated heterocycles. The summed E-state index contributed by atoms with van der Waals surface area (Å²) in [7, 11) is 0. The highest BCUT2D eigenvalue weighted by molar-refractivity contribution is 5.92. The van der Waals surface area contributed by atoms with Gasteiger partial charge in [-0.05, 0) is 69.3 Å². The Morgan fingerprint density at radius 3 is 2.35 bits per heavy atom. The van der Waals surface area contributed by atoms with E-state index >= 15 is 0 Å². The fourth-order valence-corrected chi connectivity index (χ4v) is 7.12.